The zero-order valence-electron chi connectivity index (χ0n) is 19.6. The number of para-hydroxylation sites is 1. The number of rotatable bonds is 9. The number of imidazole rings is 1. The lowest BCUT2D eigenvalue weighted by molar-refractivity contribution is 0.0449. The monoisotopic (exact) mass is 478 g/mol. The first-order valence-corrected chi connectivity index (χ1v) is 11.5. The number of unbranched alkanes of at least 4 members (excludes halogenated alkanes) is 1. The van der Waals surface area contributed by atoms with Crippen LogP contribution >= 0.6 is 0 Å². The molecule has 1 aromatic carbocycles. The maximum absolute atomic E-state index is 12.8. The van der Waals surface area contributed by atoms with Crippen LogP contribution in [0, 0.1) is 0 Å². The van der Waals surface area contributed by atoms with Gasteiger partial charge >= 0.3 is 11.7 Å². The van der Waals surface area contributed by atoms with Gasteiger partial charge in [0.05, 0.1) is 5.69 Å². The third kappa shape index (κ3) is 4.84. The number of esters is 1. The van der Waals surface area contributed by atoms with Crippen LogP contribution in [0.4, 0.5) is 0 Å². The van der Waals surface area contributed by atoms with E-state index < -0.39 is 17.2 Å². The highest BCUT2D eigenvalue weighted by Gasteiger charge is 2.20. The lowest BCUT2D eigenvalue weighted by atomic mass is 10.3. The second kappa shape index (κ2) is 10.3. The topological polar surface area (TPSA) is 134 Å². The van der Waals surface area contributed by atoms with Gasteiger partial charge in [-0.15, -0.1) is 0 Å². The Hall–Kier alpha value is -4.28. The minimum atomic E-state index is -0.748. The Morgan fingerprint density at radius 3 is 2.46 bits per heavy atom. The molecule has 0 saturated carbocycles. The summed E-state index contributed by atoms with van der Waals surface area (Å²) in [4.78, 5) is 56.9. The number of nitrogens with one attached hydrogen (secondary N) is 1. The van der Waals surface area contributed by atoms with Gasteiger partial charge in [-0.1, -0.05) is 38.5 Å². The maximum Gasteiger partial charge on any atom is 0.359 e. The van der Waals surface area contributed by atoms with Crippen molar-refractivity contribution in [1.29, 1.82) is 0 Å². The summed E-state index contributed by atoms with van der Waals surface area (Å²) in [6, 6.07) is 11.3. The van der Waals surface area contributed by atoms with Gasteiger partial charge in [0.25, 0.3) is 11.1 Å². The van der Waals surface area contributed by atoms with Crippen molar-refractivity contribution in [2.75, 3.05) is 0 Å². The van der Waals surface area contributed by atoms with Crippen molar-refractivity contribution in [3.63, 3.8) is 0 Å². The number of aryl methyl sites for hydroxylation is 2. The van der Waals surface area contributed by atoms with Crippen LogP contribution in [-0.2, 0) is 24.4 Å². The number of carbonyl (C=O) groups excluding carboxylic acids is 1. The number of nitrogens with zero attached hydrogens (tertiary/aromatic N) is 5. The van der Waals surface area contributed by atoms with E-state index in [0.29, 0.717) is 31.0 Å². The minimum absolute atomic E-state index is 0.0516. The molecule has 0 aliphatic carbocycles. The molecule has 1 N–H and O–H groups in total. The molecule has 0 saturated heterocycles. The fraction of sp³-hybridized carbons (Fsp3) is 0.333. The molecular formula is C24H26N6O5. The number of fused-ring (bicyclic) bond motifs is 1. The van der Waals surface area contributed by atoms with Crippen molar-refractivity contribution >= 4 is 17.1 Å². The summed E-state index contributed by atoms with van der Waals surface area (Å²) in [7, 11) is 0. The molecule has 0 spiro atoms. The van der Waals surface area contributed by atoms with Crippen LogP contribution in [0.5, 0.6) is 0 Å². The summed E-state index contributed by atoms with van der Waals surface area (Å²) in [5.41, 5.74) is -0.445. The number of benzene rings is 1. The average molecular weight is 479 g/mol. The van der Waals surface area contributed by atoms with Crippen LogP contribution in [0.1, 0.15) is 49.4 Å². The van der Waals surface area contributed by atoms with Crippen molar-refractivity contribution < 1.29 is 9.53 Å². The highest BCUT2D eigenvalue weighted by molar-refractivity contribution is 5.87. The smallest absolute Gasteiger partial charge is 0.359 e. The van der Waals surface area contributed by atoms with Crippen molar-refractivity contribution in [2.24, 2.45) is 0 Å². The highest BCUT2D eigenvalue weighted by atomic mass is 16.5. The molecule has 4 aromatic rings. The molecule has 0 amide bonds. The predicted octanol–water partition coefficient (Wildman–Crippen LogP) is 2.00. The maximum atomic E-state index is 12.8. The van der Waals surface area contributed by atoms with Gasteiger partial charge in [0.2, 0.25) is 0 Å². The summed E-state index contributed by atoms with van der Waals surface area (Å²) in [5.74, 6) is -0.407. The summed E-state index contributed by atoms with van der Waals surface area (Å²) in [5, 5.41) is 4.13. The molecule has 4 rings (SSSR count). The van der Waals surface area contributed by atoms with Crippen LogP contribution < -0.4 is 16.8 Å². The van der Waals surface area contributed by atoms with E-state index in [0.717, 1.165) is 17.5 Å². The normalized spacial score (nSPS) is 11.1. The van der Waals surface area contributed by atoms with E-state index in [1.54, 1.807) is 28.8 Å². The highest BCUT2D eigenvalue weighted by Crippen LogP contribution is 2.15. The Labute approximate surface area is 199 Å². The number of carbonyl (C=O) groups is 1. The van der Waals surface area contributed by atoms with Crippen LogP contribution in [0.2, 0.25) is 0 Å². The van der Waals surface area contributed by atoms with Crippen LogP contribution in [0.3, 0.4) is 0 Å². The second-order valence-corrected chi connectivity index (χ2v) is 8.00. The Morgan fingerprint density at radius 1 is 0.971 bits per heavy atom. The Kier molecular flexibility index (Phi) is 7.04. The van der Waals surface area contributed by atoms with Gasteiger partial charge in [0.15, 0.2) is 16.9 Å². The molecule has 0 unspecified atom stereocenters. The second-order valence-electron chi connectivity index (χ2n) is 8.00. The molecule has 0 radical (unpaired) electrons. The van der Waals surface area contributed by atoms with Crippen LogP contribution in [-0.4, -0.2) is 34.9 Å². The lowest BCUT2D eigenvalue weighted by Gasteiger charge is -2.09. The molecule has 0 bridgehead atoms. The fourth-order valence-electron chi connectivity index (χ4n) is 3.79. The fourth-order valence-corrected chi connectivity index (χ4v) is 3.79. The van der Waals surface area contributed by atoms with Crippen LogP contribution in [0.15, 0.2) is 56.8 Å². The minimum Gasteiger partial charge on any atom is -0.453 e. The van der Waals surface area contributed by atoms with E-state index in [1.807, 2.05) is 19.9 Å². The molecule has 0 aliphatic heterocycles. The summed E-state index contributed by atoms with van der Waals surface area (Å²) >= 11 is 0. The number of aromatic amines is 1. The van der Waals surface area contributed by atoms with E-state index in [2.05, 4.69) is 15.1 Å². The van der Waals surface area contributed by atoms with E-state index in [1.165, 1.54) is 16.7 Å². The number of ether oxygens (including phenoxy) is 1. The van der Waals surface area contributed by atoms with Crippen molar-refractivity contribution in [1.82, 2.24) is 28.9 Å². The first kappa shape index (κ1) is 23.9. The molecule has 3 heterocycles. The van der Waals surface area contributed by atoms with Crippen LogP contribution in [0.25, 0.3) is 16.9 Å². The van der Waals surface area contributed by atoms with Gasteiger partial charge in [-0.3, -0.25) is 19.1 Å². The predicted molar refractivity (Wildman–Crippen MR) is 129 cm³/mol. The van der Waals surface area contributed by atoms with E-state index in [9.17, 15) is 19.2 Å². The first-order valence-electron chi connectivity index (χ1n) is 11.5. The Bertz CT molecular complexity index is 1530. The van der Waals surface area contributed by atoms with Gasteiger partial charge < -0.3 is 9.30 Å². The zero-order valence-corrected chi connectivity index (χ0v) is 19.6. The van der Waals surface area contributed by atoms with E-state index in [-0.39, 0.29) is 29.0 Å². The molecule has 182 valence electrons. The SMILES string of the molecule is CCCCn1c(=O)[nH]c(=O)c2c1nc(COC(=O)c1ccc(=O)n(-c3ccccc3)n1)n2CCC. The third-order valence-electron chi connectivity index (χ3n) is 5.49. The average Bonchev–Trinajstić information content (AvgIpc) is 3.22. The van der Waals surface area contributed by atoms with E-state index in [4.69, 9.17) is 4.74 Å². The van der Waals surface area contributed by atoms with Gasteiger partial charge in [-0.2, -0.15) is 9.78 Å². The number of hydrogen-bond donors (Lipinski definition) is 1. The lowest BCUT2D eigenvalue weighted by Crippen LogP contribution is -2.31. The first-order chi connectivity index (χ1) is 16.9. The molecule has 0 atom stereocenters. The van der Waals surface area contributed by atoms with Gasteiger partial charge in [0, 0.05) is 19.2 Å². The Balaban J connectivity index is 1.66. The third-order valence-corrected chi connectivity index (χ3v) is 5.49. The standard InChI is InChI=1S/C24H26N6O5/c1-3-5-14-29-21-20(22(32)26-24(29)34)28(13-4-2)18(25-21)15-35-23(33)17-11-12-19(31)30(27-17)16-9-7-6-8-10-16/h6-12H,3-5,13-15H2,1-2H3,(H,26,32,34). The summed E-state index contributed by atoms with van der Waals surface area (Å²) < 4.78 is 9.68. The molecule has 3 aromatic heterocycles. The Morgan fingerprint density at radius 2 is 1.74 bits per heavy atom. The van der Waals surface area contributed by atoms with Gasteiger partial charge in [-0.05, 0) is 31.0 Å². The van der Waals surface area contributed by atoms with Crippen molar-refractivity contribution in [2.45, 2.75) is 52.8 Å². The van der Waals surface area contributed by atoms with Gasteiger partial charge in [0.1, 0.15) is 12.4 Å². The van der Waals surface area contributed by atoms with Crippen molar-refractivity contribution in [3.8, 4) is 5.69 Å². The molecule has 0 aliphatic rings. The molecule has 35 heavy (non-hydrogen) atoms. The number of aromatic nitrogens is 6. The van der Waals surface area contributed by atoms with Crippen molar-refractivity contribution in [3.05, 3.63) is 85.2 Å². The number of hydrogen-bond acceptors (Lipinski definition) is 7. The molecule has 0 fully saturated rings. The van der Waals surface area contributed by atoms with Gasteiger partial charge in [-0.25, -0.2) is 14.6 Å². The summed E-state index contributed by atoms with van der Waals surface area (Å²) in [6.07, 6.45) is 2.31. The number of H-pyrrole nitrogens is 1. The summed E-state index contributed by atoms with van der Waals surface area (Å²) in [6.45, 7) is 4.58. The quantitative estimate of drug-likeness (QED) is 0.364. The molecular weight excluding hydrogens is 452 g/mol. The van der Waals surface area contributed by atoms with E-state index >= 15 is 0 Å². The molecule has 11 heteroatoms. The molecule has 11 nitrogen and oxygen atoms in total. The zero-order chi connectivity index (χ0) is 24.9. The largest absolute Gasteiger partial charge is 0.453 e.